The topological polar surface area (TPSA) is 162 Å². The van der Waals surface area contributed by atoms with Crippen molar-refractivity contribution in [2.75, 3.05) is 83.9 Å². The first kappa shape index (κ1) is 37.5. The van der Waals surface area contributed by atoms with Crippen molar-refractivity contribution in [3.63, 3.8) is 0 Å². The van der Waals surface area contributed by atoms with E-state index in [9.17, 15) is 24.0 Å². The molecule has 3 heterocycles. The molecule has 51 heavy (non-hydrogen) atoms. The van der Waals surface area contributed by atoms with Crippen LogP contribution in [0.25, 0.3) is 0 Å². The summed E-state index contributed by atoms with van der Waals surface area (Å²) in [4.78, 5) is 67.0. The Balaban J connectivity index is 0.882. The van der Waals surface area contributed by atoms with Crippen LogP contribution >= 0.6 is 0 Å². The summed E-state index contributed by atoms with van der Waals surface area (Å²) in [5.74, 6) is -1.33. The minimum atomic E-state index is -1.04. The average molecular weight is 711 g/mol. The standard InChI is InChI=1S/C36H46N4O11/c1-36(2,3)51-35(45)39-15-13-38(14-16-39)25-7-9-26(10-8-25)49-23-21-47-19-17-46-18-20-48-22-24-50-29-6-4-5-27-31(29)34(44)40(33(27)43)28-11-12-30(41)37-32(28)42/h4-10,28H,11-24H2,1-3H3,(H,37,41,42). The Morgan fingerprint density at radius 3 is 1.98 bits per heavy atom. The molecule has 0 saturated carbocycles. The minimum Gasteiger partial charge on any atom is -0.491 e. The number of benzene rings is 2. The number of nitrogens with one attached hydrogen (secondary N) is 1. The highest BCUT2D eigenvalue weighted by molar-refractivity contribution is 6.24. The van der Waals surface area contributed by atoms with Crippen molar-refractivity contribution in [3.8, 4) is 11.5 Å². The van der Waals surface area contributed by atoms with E-state index in [2.05, 4.69) is 10.2 Å². The molecule has 1 unspecified atom stereocenters. The fourth-order valence-corrected chi connectivity index (χ4v) is 5.80. The molecule has 0 aliphatic carbocycles. The van der Waals surface area contributed by atoms with Crippen LogP contribution in [0.4, 0.5) is 10.5 Å². The molecular formula is C36H46N4O11. The summed E-state index contributed by atoms with van der Waals surface area (Å²) in [6, 6.07) is 11.5. The van der Waals surface area contributed by atoms with Gasteiger partial charge in [-0.05, 0) is 63.6 Å². The predicted octanol–water partition coefficient (Wildman–Crippen LogP) is 2.65. The number of amides is 5. The van der Waals surface area contributed by atoms with Gasteiger partial charge in [0.2, 0.25) is 11.8 Å². The number of ether oxygens (including phenoxy) is 6. The summed E-state index contributed by atoms with van der Waals surface area (Å²) >= 11 is 0. The van der Waals surface area contributed by atoms with Gasteiger partial charge in [-0.2, -0.15) is 0 Å². The number of nitrogens with zero attached hydrogens (tertiary/aromatic N) is 3. The average Bonchev–Trinajstić information content (AvgIpc) is 3.35. The first-order valence-corrected chi connectivity index (χ1v) is 17.2. The number of anilines is 1. The number of imide groups is 2. The number of carbonyl (C=O) groups is 5. The lowest BCUT2D eigenvalue weighted by molar-refractivity contribution is -0.136. The van der Waals surface area contributed by atoms with Crippen LogP contribution in [0.3, 0.4) is 0 Å². The highest BCUT2D eigenvalue weighted by Crippen LogP contribution is 2.33. The first-order valence-electron chi connectivity index (χ1n) is 17.2. The molecule has 0 bridgehead atoms. The van der Waals surface area contributed by atoms with Crippen LogP contribution in [0.15, 0.2) is 42.5 Å². The van der Waals surface area contributed by atoms with Gasteiger partial charge < -0.3 is 38.2 Å². The molecule has 276 valence electrons. The van der Waals surface area contributed by atoms with Gasteiger partial charge in [0, 0.05) is 38.3 Å². The summed E-state index contributed by atoms with van der Waals surface area (Å²) in [6.45, 7) is 10.9. The van der Waals surface area contributed by atoms with Crippen LogP contribution in [0.2, 0.25) is 0 Å². The molecule has 2 fully saturated rings. The molecule has 0 radical (unpaired) electrons. The lowest BCUT2D eigenvalue weighted by Gasteiger charge is -2.36. The highest BCUT2D eigenvalue weighted by Gasteiger charge is 2.46. The normalized spacial score (nSPS) is 17.8. The van der Waals surface area contributed by atoms with Gasteiger partial charge in [-0.25, -0.2) is 4.79 Å². The Morgan fingerprint density at radius 1 is 0.765 bits per heavy atom. The number of piperidine rings is 1. The zero-order valence-electron chi connectivity index (χ0n) is 29.4. The molecule has 2 aromatic rings. The third kappa shape index (κ3) is 10.2. The minimum absolute atomic E-state index is 0.0499. The fraction of sp³-hybridized carbons (Fsp3) is 0.528. The number of fused-ring (bicyclic) bond motifs is 1. The summed E-state index contributed by atoms with van der Waals surface area (Å²) in [7, 11) is 0. The molecule has 5 amide bonds. The molecule has 0 aromatic heterocycles. The van der Waals surface area contributed by atoms with Crippen LogP contribution in [0, 0.1) is 0 Å². The monoisotopic (exact) mass is 710 g/mol. The van der Waals surface area contributed by atoms with Gasteiger partial charge in [-0.3, -0.25) is 29.4 Å². The summed E-state index contributed by atoms with van der Waals surface area (Å²) in [5.41, 5.74) is 0.826. The van der Waals surface area contributed by atoms with E-state index in [0.717, 1.165) is 29.4 Å². The SMILES string of the molecule is CC(C)(C)OC(=O)N1CCN(c2ccc(OCCOCCOCCOCCOc3cccc4c3C(=O)N(C3CCC(=O)NC3=O)C4=O)cc2)CC1. The maximum atomic E-state index is 13.1. The molecule has 0 spiro atoms. The van der Waals surface area contributed by atoms with E-state index < -0.39 is 35.3 Å². The van der Waals surface area contributed by atoms with Crippen molar-refractivity contribution in [2.24, 2.45) is 0 Å². The second-order valence-corrected chi connectivity index (χ2v) is 13.1. The van der Waals surface area contributed by atoms with Crippen molar-refractivity contribution in [2.45, 2.75) is 45.3 Å². The molecule has 3 aliphatic heterocycles. The highest BCUT2D eigenvalue weighted by atomic mass is 16.6. The molecule has 3 aliphatic rings. The molecule has 2 saturated heterocycles. The van der Waals surface area contributed by atoms with Crippen molar-refractivity contribution >= 4 is 35.4 Å². The summed E-state index contributed by atoms with van der Waals surface area (Å²) in [6.07, 6.45) is -0.140. The maximum absolute atomic E-state index is 13.1. The van der Waals surface area contributed by atoms with Gasteiger partial charge in [0.15, 0.2) is 0 Å². The molecular weight excluding hydrogens is 664 g/mol. The molecule has 1 atom stereocenters. The van der Waals surface area contributed by atoms with Crippen LogP contribution < -0.4 is 19.7 Å². The van der Waals surface area contributed by atoms with E-state index in [-0.39, 0.29) is 49.0 Å². The predicted molar refractivity (Wildman–Crippen MR) is 183 cm³/mol. The molecule has 1 N–H and O–H groups in total. The van der Waals surface area contributed by atoms with Gasteiger partial charge in [-0.15, -0.1) is 0 Å². The van der Waals surface area contributed by atoms with Gasteiger partial charge in [0.25, 0.3) is 11.8 Å². The second kappa shape index (κ2) is 17.5. The van der Waals surface area contributed by atoms with E-state index in [4.69, 9.17) is 28.4 Å². The van der Waals surface area contributed by atoms with Crippen molar-refractivity contribution < 1.29 is 52.4 Å². The Kier molecular flexibility index (Phi) is 12.9. The van der Waals surface area contributed by atoms with E-state index in [1.165, 1.54) is 6.07 Å². The lowest BCUT2D eigenvalue weighted by Crippen LogP contribution is -2.54. The zero-order chi connectivity index (χ0) is 36.4. The second-order valence-electron chi connectivity index (χ2n) is 13.1. The number of hydrogen-bond acceptors (Lipinski definition) is 12. The quantitative estimate of drug-likeness (QED) is 0.201. The lowest BCUT2D eigenvalue weighted by atomic mass is 10.0. The Bertz CT molecular complexity index is 1550. The van der Waals surface area contributed by atoms with Crippen molar-refractivity contribution in [3.05, 3.63) is 53.6 Å². The van der Waals surface area contributed by atoms with Crippen molar-refractivity contribution in [1.82, 2.24) is 15.1 Å². The number of carbonyl (C=O) groups excluding carboxylic acids is 5. The smallest absolute Gasteiger partial charge is 0.410 e. The van der Waals surface area contributed by atoms with E-state index in [1.807, 2.05) is 45.0 Å². The zero-order valence-corrected chi connectivity index (χ0v) is 29.4. The van der Waals surface area contributed by atoms with Crippen LogP contribution in [0.1, 0.15) is 54.3 Å². The van der Waals surface area contributed by atoms with Gasteiger partial charge >= 0.3 is 6.09 Å². The summed E-state index contributed by atoms with van der Waals surface area (Å²) in [5, 5.41) is 2.18. The van der Waals surface area contributed by atoms with E-state index in [0.29, 0.717) is 52.7 Å². The Labute approximate surface area is 297 Å². The van der Waals surface area contributed by atoms with Gasteiger partial charge in [0.05, 0.1) is 50.8 Å². The van der Waals surface area contributed by atoms with Crippen LogP contribution in [-0.2, 0) is 28.5 Å². The maximum Gasteiger partial charge on any atom is 0.410 e. The fourth-order valence-electron chi connectivity index (χ4n) is 5.80. The number of piperazine rings is 1. The van der Waals surface area contributed by atoms with Gasteiger partial charge in [-0.1, -0.05) is 6.07 Å². The molecule has 15 heteroatoms. The third-order valence-electron chi connectivity index (χ3n) is 8.29. The van der Waals surface area contributed by atoms with Crippen molar-refractivity contribution in [1.29, 1.82) is 0 Å². The molecule has 15 nitrogen and oxygen atoms in total. The Hall–Kier alpha value is -4.73. The van der Waals surface area contributed by atoms with Crippen LogP contribution in [-0.4, -0.2) is 130 Å². The summed E-state index contributed by atoms with van der Waals surface area (Å²) < 4.78 is 33.7. The van der Waals surface area contributed by atoms with Crippen LogP contribution in [0.5, 0.6) is 11.5 Å². The number of hydrogen-bond donors (Lipinski definition) is 1. The largest absolute Gasteiger partial charge is 0.491 e. The van der Waals surface area contributed by atoms with E-state index >= 15 is 0 Å². The molecule has 5 rings (SSSR count). The Morgan fingerprint density at radius 2 is 1.37 bits per heavy atom. The third-order valence-corrected chi connectivity index (χ3v) is 8.29. The molecule has 2 aromatic carbocycles. The first-order chi connectivity index (χ1) is 24.5. The number of rotatable bonds is 16. The van der Waals surface area contributed by atoms with E-state index in [1.54, 1.807) is 17.0 Å². The van der Waals surface area contributed by atoms with Gasteiger partial charge in [0.1, 0.15) is 36.4 Å².